The van der Waals surface area contributed by atoms with E-state index in [2.05, 4.69) is 50.7 Å². The summed E-state index contributed by atoms with van der Waals surface area (Å²) < 4.78 is 0. The zero-order chi connectivity index (χ0) is 23.8. The van der Waals surface area contributed by atoms with Gasteiger partial charge < -0.3 is 0 Å². The van der Waals surface area contributed by atoms with Crippen LogP contribution >= 0.6 is 15.9 Å². The highest BCUT2D eigenvalue weighted by Crippen LogP contribution is 2.25. The molecule has 176 valence electrons. The minimum Gasteiger partial charge on any atom is -0.267 e. The van der Waals surface area contributed by atoms with Gasteiger partial charge in [0.15, 0.2) is 0 Å². The number of alkyl halides is 1. The Kier molecular flexibility index (Phi) is 11.1. The van der Waals surface area contributed by atoms with Gasteiger partial charge in [0.1, 0.15) is 0 Å². The van der Waals surface area contributed by atoms with Gasteiger partial charge in [-0.1, -0.05) is 70.5 Å². The molecule has 0 saturated heterocycles. The lowest BCUT2D eigenvalue weighted by Gasteiger charge is -2.19. The molecular weight excluding hydrogens is 488 g/mol. The molecule has 0 heterocycles. The van der Waals surface area contributed by atoms with E-state index >= 15 is 0 Å². The number of nitrogens with zero attached hydrogens (tertiary/aromatic N) is 3. The van der Waals surface area contributed by atoms with Gasteiger partial charge in [-0.15, -0.1) is 0 Å². The number of anilines is 2. The fraction of sp³-hybridized carbons (Fsp3) is 0.250. The number of hydrogen-bond donors (Lipinski definition) is 1. The minimum absolute atomic E-state index is 0.185. The quantitative estimate of drug-likeness (QED) is 0.111. The Morgan fingerprint density at radius 1 is 0.794 bits per heavy atom. The predicted octanol–water partition coefficient (Wildman–Crippen LogP) is 7.33. The molecule has 0 bridgehead atoms. The summed E-state index contributed by atoms with van der Waals surface area (Å²) in [5, 5.41) is 10.7. The van der Waals surface area contributed by atoms with E-state index in [0.29, 0.717) is 10.4 Å². The molecule has 3 rings (SSSR count). The third-order valence-corrected chi connectivity index (χ3v) is 6.11. The van der Waals surface area contributed by atoms with Crippen molar-refractivity contribution in [3.63, 3.8) is 0 Å². The van der Waals surface area contributed by atoms with E-state index in [0.717, 1.165) is 49.9 Å². The first-order valence-electron chi connectivity index (χ1n) is 11.7. The van der Waals surface area contributed by atoms with Crippen molar-refractivity contribution in [2.75, 3.05) is 5.01 Å². The molecule has 5 nitrogen and oxygen atoms in total. The summed E-state index contributed by atoms with van der Waals surface area (Å²) in [5.74, 6) is -0.185. The summed E-state index contributed by atoms with van der Waals surface area (Å²) in [6.07, 6.45) is 9.77. The van der Waals surface area contributed by atoms with Crippen LogP contribution in [0.2, 0.25) is 0 Å². The molecule has 0 aromatic heterocycles. The summed E-state index contributed by atoms with van der Waals surface area (Å²) in [5.41, 5.74) is 5.27. The highest BCUT2D eigenvalue weighted by Gasteiger charge is 2.07. The van der Waals surface area contributed by atoms with Gasteiger partial charge >= 0.3 is 0 Å². The monoisotopic (exact) mass is 518 g/mol. The first kappa shape index (κ1) is 25.4. The van der Waals surface area contributed by atoms with Gasteiger partial charge in [0.2, 0.25) is 0 Å². The maximum absolute atomic E-state index is 11.9. The lowest BCUT2D eigenvalue weighted by molar-refractivity contribution is 0.0955. The van der Waals surface area contributed by atoms with Crippen molar-refractivity contribution in [1.82, 2.24) is 5.43 Å². The zero-order valence-electron chi connectivity index (χ0n) is 19.3. The number of rotatable bonds is 13. The topological polar surface area (TPSA) is 57.1 Å². The van der Waals surface area contributed by atoms with Gasteiger partial charge in [0, 0.05) is 22.8 Å². The van der Waals surface area contributed by atoms with Crippen LogP contribution in [0.15, 0.2) is 101 Å². The van der Waals surface area contributed by atoms with E-state index < -0.39 is 0 Å². The lowest BCUT2D eigenvalue weighted by atomic mass is 10.1. The van der Waals surface area contributed by atoms with Crippen molar-refractivity contribution in [3.05, 3.63) is 96.6 Å². The Balaban J connectivity index is 1.33. The summed E-state index contributed by atoms with van der Waals surface area (Å²) >= 11 is 3.79. The van der Waals surface area contributed by atoms with Gasteiger partial charge in [0.25, 0.3) is 5.91 Å². The SMILES string of the molecule is O=C(N/N=C/CCCC(Br)CCC/C=N/N(c1ccccc1)c1ccccc1)c1ccccc1. The number of benzene rings is 3. The fourth-order valence-electron chi connectivity index (χ4n) is 3.39. The molecule has 0 radical (unpaired) electrons. The Morgan fingerprint density at radius 2 is 1.29 bits per heavy atom. The summed E-state index contributed by atoms with van der Waals surface area (Å²) in [4.78, 5) is 12.4. The molecule has 3 aromatic rings. The third-order valence-electron chi connectivity index (χ3n) is 5.19. The number of hydrogen-bond acceptors (Lipinski definition) is 4. The van der Waals surface area contributed by atoms with Crippen LogP contribution in [0.3, 0.4) is 0 Å². The van der Waals surface area contributed by atoms with E-state index in [4.69, 9.17) is 5.10 Å². The van der Waals surface area contributed by atoms with E-state index in [1.807, 2.05) is 65.8 Å². The van der Waals surface area contributed by atoms with Gasteiger partial charge in [-0.25, -0.2) is 10.4 Å². The second-order valence-electron chi connectivity index (χ2n) is 7.86. The molecule has 34 heavy (non-hydrogen) atoms. The second-order valence-corrected chi connectivity index (χ2v) is 9.15. The van der Waals surface area contributed by atoms with Crippen LogP contribution in [0.1, 0.15) is 48.9 Å². The highest BCUT2D eigenvalue weighted by atomic mass is 79.9. The number of halogens is 1. The van der Waals surface area contributed by atoms with Gasteiger partial charge in [-0.2, -0.15) is 10.2 Å². The van der Waals surface area contributed by atoms with Crippen LogP contribution in [-0.4, -0.2) is 23.2 Å². The average molecular weight is 519 g/mol. The number of unbranched alkanes of at least 4 members (excludes halogenated alkanes) is 2. The number of carbonyl (C=O) groups excluding carboxylic acids is 1. The van der Waals surface area contributed by atoms with Crippen LogP contribution in [-0.2, 0) is 0 Å². The number of amides is 1. The van der Waals surface area contributed by atoms with Crippen LogP contribution < -0.4 is 10.4 Å². The Bertz CT molecular complexity index is 987. The van der Waals surface area contributed by atoms with Crippen molar-refractivity contribution >= 4 is 45.6 Å². The van der Waals surface area contributed by atoms with Crippen molar-refractivity contribution < 1.29 is 4.79 Å². The van der Waals surface area contributed by atoms with Crippen molar-refractivity contribution in [1.29, 1.82) is 0 Å². The van der Waals surface area contributed by atoms with Crippen LogP contribution in [0.5, 0.6) is 0 Å². The molecule has 0 saturated carbocycles. The van der Waals surface area contributed by atoms with Crippen molar-refractivity contribution in [2.24, 2.45) is 10.2 Å². The molecule has 0 aliphatic rings. The maximum atomic E-state index is 11.9. The maximum Gasteiger partial charge on any atom is 0.271 e. The Morgan fingerprint density at radius 3 is 1.85 bits per heavy atom. The number of carbonyl (C=O) groups is 1. The highest BCUT2D eigenvalue weighted by molar-refractivity contribution is 9.09. The molecule has 1 amide bonds. The van der Waals surface area contributed by atoms with E-state index in [9.17, 15) is 4.79 Å². The Labute approximate surface area is 210 Å². The summed E-state index contributed by atoms with van der Waals surface area (Å²) in [6, 6.07) is 29.5. The minimum atomic E-state index is -0.185. The second kappa shape index (κ2) is 14.8. The molecule has 3 aromatic carbocycles. The first-order chi connectivity index (χ1) is 16.7. The molecule has 1 N–H and O–H groups in total. The standard InChI is InChI=1S/C28H31BrN4O/c29-25(16-10-12-22-30-32-28(34)24-14-4-1-5-15-24)17-11-13-23-31-33(26-18-6-2-7-19-26)27-20-8-3-9-21-27/h1-9,14-15,18-23,25H,10-13,16-17H2,(H,32,34)/b30-22+,31-23+. The number of hydrazone groups is 2. The van der Waals surface area contributed by atoms with Gasteiger partial charge in [0.05, 0.1) is 11.4 Å². The fourth-order valence-corrected chi connectivity index (χ4v) is 4.04. The smallest absolute Gasteiger partial charge is 0.267 e. The molecule has 0 aliphatic carbocycles. The van der Waals surface area contributed by atoms with Crippen molar-refractivity contribution in [2.45, 2.75) is 43.4 Å². The van der Waals surface area contributed by atoms with E-state index in [-0.39, 0.29) is 5.91 Å². The number of para-hydroxylation sites is 2. The lowest BCUT2D eigenvalue weighted by Crippen LogP contribution is -2.17. The summed E-state index contributed by atoms with van der Waals surface area (Å²) in [7, 11) is 0. The van der Waals surface area contributed by atoms with Gasteiger partial charge in [-0.05, 0) is 74.9 Å². The van der Waals surface area contributed by atoms with Crippen molar-refractivity contribution in [3.8, 4) is 0 Å². The number of nitrogens with one attached hydrogen (secondary N) is 1. The van der Waals surface area contributed by atoms with Crippen LogP contribution in [0.4, 0.5) is 11.4 Å². The normalized spacial score (nSPS) is 12.1. The van der Waals surface area contributed by atoms with Crippen LogP contribution in [0.25, 0.3) is 0 Å². The molecule has 0 spiro atoms. The predicted molar refractivity (Wildman–Crippen MR) is 146 cm³/mol. The van der Waals surface area contributed by atoms with E-state index in [1.165, 1.54) is 0 Å². The molecule has 1 atom stereocenters. The third kappa shape index (κ3) is 8.94. The largest absolute Gasteiger partial charge is 0.271 e. The van der Waals surface area contributed by atoms with Crippen LogP contribution in [0, 0.1) is 0 Å². The summed E-state index contributed by atoms with van der Waals surface area (Å²) in [6.45, 7) is 0. The van der Waals surface area contributed by atoms with E-state index in [1.54, 1.807) is 18.3 Å². The molecular formula is C28H31BrN4O. The Hall–Kier alpha value is -3.25. The zero-order valence-corrected chi connectivity index (χ0v) is 20.8. The molecule has 6 heteroatoms. The molecule has 1 unspecified atom stereocenters. The molecule has 0 fully saturated rings. The van der Waals surface area contributed by atoms with Gasteiger partial charge in [-0.3, -0.25) is 4.79 Å². The molecule has 0 aliphatic heterocycles. The first-order valence-corrected chi connectivity index (χ1v) is 12.6. The average Bonchev–Trinajstić information content (AvgIpc) is 2.89.